The van der Waals surface area contributed by atoms with E-state index in [2.05, 4.69) is 26.3 Å². The third kappa shape index (κ3) is 2.82. The van der Waals surface area contributed by atoms with Crippen LogP contribution in [0.5, 0.6) is 0 Å². The SMILES string of the molecule is Cn1ncc(NC(=O)c2ccc(Br)cc2)c1C(=O)O. The van der Waals surface area contributed by atoms with Crippen molar-refractivity contribution < 1.29 is 14.7 Å². The smallest absolute Gasteiger partial charge is 0.356 e. The summed E-state index contributed by atoms with van der Waals surface area (Å²) in [6, 6.07) is 6.74. The predicted molar refractivity (Wildman–Crippen MR) is 72.3 cm³/mol. The molecule has 98 valence electrons. The number of nitrogens with zero attached hydrogens (tertiary/aromatic N) is 2. The Kier molecular flexibility index (Phi) is 3.66. The summed E-state index contributed by atoms with van der Waals surface area (Å²) in [5.74, 6) is -1.53. The number of carboxylic acids is 1. The van der Waals surface area contributed by atoms with Gasteiger partial charge in [-0.2, -0.15) is 5.10 Å². The number of halogens is 1. The fraction of sp³-hybridized carbons (Fsp3) is 0.0833. The van der Waals surface area contributed by atoms with Gasteiger partial charge in [0.25, 0.3) is 5.91 Å². The molecule has 2 aromatic rings. The number of aromatic carboxylic acids is 1. The molecule has 2 rings (SSSR count). The summed E-state index contributed by atoms with van der Waals surface area (Å²) in [7, 11) is 1.50. The minimum atomic E-state index is -1.15. The largest absolute Gasteiger partial charge is 0.476 e. The second kappa shape index (κ2) is 5.23. The van der Waals surface area contributed by atoms with E-state index in [1.54, 1.807) is 24.3 Å². The van der Waals surface area contributed by atoms with Crippen LogP contribution in [0.4, 0.5) is 5.69 Å². The number of hydrogen-bond acceptors (Lipinski definition) is 3. The van der Waals surface area contributed by atoms with Crippen LogP contribution in [0.1, 0.15) is 20.8 Å². The fourth-order valence-corrected chi connectivity index (χ4v) is 1.84. The van der Waals surface area contributed by atoms with Gasteiger partial charge in [0, 0.05) is 17.1 Å². The van der Waals surface area contributed by atoms with E-state index in [1.807, 2.05) is 0 Å². The molecule has 1 aromatic carbocycles. The number of hydrogen-bond donors (Lipinski definition) is 2. The van der Waals surface area contributed by atoms with Crippen LogP contribution in [-0.4, -0.2) is 26.8 Å². The molecule has 0 unspecified atom stereocenters. The normalized spacial score (nSPS) is 10.2. The number of amides is 1. The molecule has 0 atom stereocenters. The van der Waals surface area contributed by atoms with E-state index in [4.69, 9.17) is 5.11 Å². The van der Waals surface area contributed by atoms with E-state index in [9.17, 15) is 9.59 Å². The number of anilines is 1. The maximum absolute atomic E-state index is 12.0. The zero-order chi connectivity index (χ0) is 14.0. The van der Waals surface area contributed by atoms with Crippen LogP contribution in [-0.2, 0) is 7.05 Å². The average molecular weight is 324 g/mol. The highest BCUT2D eigenvalue weighted by Crippen LogP contribution is 2.16. The minimum Gasteiger partial charge on any atom is -0.476 e. The lowest BCUT2D eigenvalue weighted by Gasteiger charge is -2.04. The molecule has 0 fully saturated rings. The molecule has 19 heavy (non-hydrogen) atoms. The number of aryl methyl sites for hydroxylation is 1. The molecule has 6 nitrogen and oxygen atoms in total. The molecule has 1 aromatic heterocycles. The number of nitrogens with one attached hydrogen (secondary N) is 1. The summed E-state index contributed by atoms with van der Waals surface area (Å²) in [6.45, 7) is 0. The van der Waals surface area contributed by atoms with Crippen molar-refractivity contribution in [2.24, 2.45) is 7.05 Å². The summed E-state index contributed by atoms with van der Waals surface area (Å²) < 4.78 is 2.05. The number of benzene rings is 1. The molecular formula is C12H10BrN3O3. The van der Waals surface area contributed by atoms with Crippen LogP contribution in [0.25, 0.3) is 0 Å². The van der Waals surface area contributed by atoms with Crippen LogP contribution in [0.2, 0.25) is 0 Å². The van der Waals surface area contributed by atoms with Gasteiger partial charge in [-0.25, -0.2) is 4.79 Å². The Morgan fingerprint density at radius 1 is 1.32 bits per heavy atom. The zero-order valence-electron chi connectivity index (χ0n) is 9.92. The third-order valence-corrected chi connectivity index (χ3v) is 3.02. The molecule has 0 saturated heterocycles. The summed E-state index contributed by atoms with van der Waals surface area (Å²) >= 11 is 3.27. The molecule has 0 bridgehead atoms. The highest BCUT2D eigenvalue weighted by Gasteiger charge is 2.18. The average Bonchev–Trinajstić information content (AvgIpc) is 2.71. The maximum Gasteiger partial charge on any atom is 0.356 e. The van der Waals surface area contributed by atoms with Gasteiger partial charge in [0.1, 0.15) is 0 Å². The van der Waals surface area contributed by atoms with Gasteiger partial charge in [0.15, 0.2) is 5.69 Å². The van der Waals surface area contributed by atoms with Crippen molar-refractivity contribution in [3.63, 3.8) is 0 Å². The van der Waals surface area contributed by atoms with Crippen molar-refractivity contribution in [3.8, 4) is 0 Å². The second-order valence-electron chi connectivity index (χ2n) is 3.80. The highest BCUT2D eigenvalue weighted by molar-refractivity contribution is 9.10. The second-order valence-corrected chi connectivity index (χ2v) is 4.71. The molecule has 0 saturated carbocycles. The Morgan fingerprint density at radius 2 is 1.95 bits per heavy atom. The van der Waals surface area contributed by atoms with Gasteiger partial charge in [-0.05, 0) is 24.3 Å². The lowest BCUT2D eigenvalue weighted by molar-refractivity contribution is 0.0686. The zero-order valence-corrected chi connectivity index (χ0v) is 11.5. The van der Waals surface area contributed by atoms with Crippen molar-refractivity contribution >= 4 is 33.5 Å². The lowest BCUT2D eigenvalue weighted by Crippen LogP contribution is -2.15. The first-order valence-corrected chi connectivity index (χ1v) is 6.10. The van der Waals surface area contributed by atoms with Gasteiger partial charge >= 0.3 is 5.97 Å². The Morgan fingerprint density at radius 3 is 2.53 bits per heavy atom. The van der Waals surface area contributed by atoms with E-state index in [1.165, 1.54) is 17.9 Å². The Bertz CT molecular complexity index is 634. The van der Waals surface area contributed by atoms with E-state index in [-0.39, 0.29) is 17.3 Å². The van der Waals surface area contributed by atoms with E-state index < -0.39 is 5.97 Å². The van der Waals surface area contributed by atoms with Crippen LogP contribution >= 0.6 is 15.9 Å². The van der Waals surface area contributed by atoms with E-state index in [0.717, 1.165) is 4.47 Å². The molecule has 2 N–H and O–H groups in total. The lowest BCUT2D eigenvalue weighted by atomic mass is 10.2. The molecule has 0 spiro atoms. The molecule has 0 radical (unpaired) electrons. The van der Waals surface area contributed by atoms with Gasteiger partial charge in [-0.15, -0.1) is 0 Å². The number of rotatable bonds is 3. The van der Waals surface area contributed by atoms with Gasteiger partial charge in [0.05, 0.1) is 11.9 Å². The number of aromatic nitrogens is 2. The van der Waals surface area contributed by atoms with Crippen LogP contribution < -0.4 is 5.32 Å². The van der Waals surface area contributed by atoms with Gasteiger partial charge in [-0.3, -0.25) is 9.48 Å². The molecule has 1 amide bonds. The summed E-state index contributed by atoms with van der Waals surface area (Å²) in [6.07, 6.45) is 1.31. The van der Waals surface area contributed by atoms with Crippen molar-refractivity contribution in [1.29, 1.82) is 0 Å². The standard InChI is InChI=1S/C12H10BrN3O3/c1-16-10(12(18)19)9(6-14-16)15-11(17)7-2-4-8(13)5-3-7/h2-6H,1H3,(H,15,17)(H,18,19). The summed E-state index contributed by atoms with van der Waals surface area (Å²) in [5, 5.41) is 15.4. The molecule has 0 aliphatic carbocycles. The summed E-state index contributed by atoms with van der Waals surface area (Å²) in [4.78, 5) is 23.0. The number of carbonyl (C=O) groups is 2. The monoisotopic (exact) mass is 323 g/mol. The first kappa shape index (κ1) is 13.3. The molecule has 0 aliphatic rings. The molecule has 0 aliphatic heterocycles. The van der Waals surface area contributed by atoms with Crippen LogP contribution in [0, 0.1) is 0 Å². The fourth-order valence-electron chi connectivity index (χ4n) is 1.58. The van der Waals surface area contributed by atoms with Crippen molar-refractivity contribution in [1.82, 2.24) is 9.78 Å². The Balaban J connectivity index is 2.24. The third-order valence-electron chi connectivity index (χ3n) is 2.50. The van der Waals surface area contributed by atoms with Gasteiger partial charge in [-0.1, -0.05) is 15.9 Å². The molecule has 1 heterocycles. The van der Waals surface area contributed by atoms with Crippen LogP contribution in [0.3, 0.4) is 0 Å². The molecule has 7 heteroatoms. The van der Waals surface area contributed by atoms with Gasteiger partial charge in [0.2, 0.25) is 0 Å². The quantitative estimate of drug-likeness (QED) is 0.906. The maximum atomic E-state index is 12.0. The first-order valence-electron chi connectivity index (χ1n) is 5.31. The van der Waals surface area contributed by atoms with E-state index >= 15 is 0 Å². The minimum absolute atomic E-state index is 0.0644. The Labute approximate surface area is 117 Å². The van der Waals surface area contributed by atoms with Crippen molar-refractivity contribution in [3.05, 3.63) is 46.2 Å². The number of carboxylic acid groups (broad SMARTS) is 1. The first-order chi connectivity index (χ1) is 8.99. The summed E-state index contributed by atoms with van der Waals surface area (Å²) in [5.41, 5.74) is 0.539. The Hall–Kier alpha value is -2.15. The molecular weight excluding hydrogens is 314 g/mol. The van der Waals surface area contributed by atoms with Crippen molar-refractivity contribution in [2.45, 2.75) is 0 Å². The predicted octanol–water partition coefficient (Wildman–Crippen LogP) is 2.13. The van der Waals surface area contributed by atoms with E-state index in [0.29, 0.717) is 5.56 Å². The van der Waals surface area contributed by atoms with Gasteiger partial charge < -0.3 is 10.4 Å². The highest BCUT2D eigenvalue weighted by atomic mass is 79.9. The number of carbonyl (C=O) groups excluding carboxylic acids is 1. The topological polar surface area (TPSA) is 84.2 Å². The van der Waals surface area contributed by atoms with Crippen molar-refractivity contribution in [2.75, 3.05) is 5.32 Å². The van der Waals surface area contributed by atoms with Crippen LogP contribution in [0.15, 0.2) is 34.9 Å².